The number of ether oxygens (including phenoxy) is 1. The van der Waals surface area contributed by atoms with Crippen molar-refractivity contribution in [2.24, 2.45) is 0 Å². The summed E-state index contributed by atoms with van der Waals surface area (Å²) in [6.07, 6.45) is 3.64. The van der Waals surface area contributed by atoms with E-state index in [1.165, 1.54) is 0 Å². The third-order valence-corrected chi connectivity index (χ3v) is 1.78. The maximum Gasteiger partial charge on any atom is 0.0652 e. The van der Waals surface area contributed by atoms with Crippen molar-refractivity contribution in [3.05, 3.63) is 47.0 Å². The van der Waals surface area contributed by atoms with Crippen LogP contribution < -0.4 is 0 Å². The lowest BCUT2D eigenvalue weighted by atomic mass is 10.2. The van der Waals surface area contributed by atoms with Gasteiger partial charge in [0.1, 0.15) is 0 Å². The predicted octanol–water partition coefficient (Wildman–Crippen LogP) is 2.89. The van der Waals surface area contributed by atoms with Gasteiger partial charge in [0, 0.05) is 17.7 Å². The first kappa shape index (κ1) is 10.8. The average molecular weight is 207 g/mol. The van der Waals surface area contributed by atoms with E-state index in [9.17, 15) is 0 Å². The summed E-state index contributed by atoms with van der Waals surface area (Å²) in [5.74, 6) is 5.88. The van der Waals surface area contributed by atoms with Crippen LogP contribution in [0.3, 0.4) is 0 Å². The van der Waals surface area contributed by atoms with Crippen molar-refractivity contribution in [1.82, 2.24) is 0 Å². The van der Waals surface area contributed by atoms with Crippen LogP contribution in [0.25, 0.3) is 0 Å². The first-order valence-corrected chi connectivity index (χ1v) is 4.62. The summed E-state index contributed by atoms with van der Waals surface area (Å²) < 4.78 is 4.84. The van der Waals surface area contributed by atoms with E-state index in [1.54, 1.807) is 13.2 Å². The van der Waals surface area contributed by atoms with E-state index in [0.717, 1.165) is 10.6 Å². The molecule has 0 radical (unpaired) electrons. The van der Waals surface area contributed by atoms with E-state index in [-0.39, 0.29) is 0 Å². The number of methoxy groups -OCH3 is 1. The van der Waals surface area contributed by atoms with Crippen molar-refractivity contribution in [3.8, 4) is 11.8 Å². The molecule has 0 aliphatic rings. The average Bonchev–Trinajstić information content (AvgIpc) is 2.21. The monoisotopic (exact) mass is 206 g/mol. The van der Waals surface area contributed by atoms with Gasteiger partial charge < -0.3 is 4.74 Å². The number of halogens is 1. The zero-order valence-corrected chi connectivity index (χ0v) is 8.71. The van der Waals surface area contributed by atoms with Crippen LogP contribution in [-0.2, 0) is 4.74 Å². The van der Waals surface area contributed by atoms with Gasteiger partial charge in [0.15, 0.2) is 0 Å². The van der Waals surface area contributed by atoms with Crippen molar-refractivity contribution in [2.45, 2.75) is 0 Å². The van der Waals surface area contributed by atoms with Crippen LogP contribution in [0.4, 0.5) is 0 Å². The molecule has 0 saturated carbocycles. The van der Waals surface area contributed by atoms with Crippen LogP contribution in [0.1, 0.15) is 5.56 Å². The number of hydrogen-bond acceptors (Lipinski definition) is 1. The van der Waals surface area contributed by atoms with Crippen LogP contribution in [0, 0.1) is 11.8 Å². The molecule has 0 aromatic heterocycles. The van der Waals surface area contributed by atoms with Gasteiger partial charge in [-0.25, -0.2) is 0 Å². The van der Waals surface area contributed by atoms with Gasteiger partial charge in [-0.15, -0.1) is 0 Å². The molecule has 1 aromatic carbocycles. The summed E-state index contributed by atoms with van der Waals surface area (Å²) in [5, 5.41) is 0.727. The Hall–Kier alpha value is -1.23. The highest BCUT2D eigenvalue weighted by molar-refractivity contribution is 6.30. The van der Waals surface area contributed by atoms with E-state index in [1.807, 2.05) is 30.3 Å². The molecular weight excluding hydrogens is 196 g/mol. The lowest BCUT2D eigenvalue weighted by molar-refractivity contribution is 0.234. The van der Waals surface area contributed by atoms with Crippen molar-refractivity contribution >= 4 is 11.6 Å². The Morgan fingerprint density at radius 1 is 1.36 bits per heavy atom. The van der Waals surface area contributed by atoms with E-state index >= 15 is 0 Å². The van der Waals surface area contributed by atoms with Crippen LogP contribution in [-0.4, -0.2) is 13.7 Å². The summed E-state index contributed by atoms with van der Waals surface area (Å²) in [5.41, 5.74) is 0.955. The van der Waals surface area contributed by atoms with Gasteiger partial charge in [-0.1, -0.05) is 29.5 Å². The Balaban J connectivity index is 2.55. The summed E-state index contributed by atoms with van der Waals surface area (Å²) in [7, 11) is 1.65. The Bertz CT molecular complexity index is 354. The quantitative estimate of drug-likeness (QED) is 0.677. The molecule has 0 unspecified atom stereocenters. The van der Waals surface area contributed by atoms with Crippen molar-refractivity contribution in [3.63, 3.8) is 0 Å². The molecule has 1 aromatic rings. The second-order valence-corrected chi connectivity index (χ2v) is 3.07. The second kappa shape index (κ2) is 6.26. The van der Waals surface area contributed by atoms with E-state index in [0.29, 0.717) is 6.61 Å². The fourth-order valence-electron chi connectivity index (χ4n) is 0.861. The van der Waals surface area contributed by atoms with Crippen LogP contribution in [0.2, 0.25) is 5.02 Å². The van der Waals surface area contributed by atoms with Crippen LogP contribution >= 0.6 is 11.6 Å². The molecule has 0 aliphatic heterocycles. The third kappa shape index (κ3) is 4.13. The van der Waals surface area contributed by atoms with Crippen molar-refractivity contribution in [1.29, 1.82) is 0 Å². The normalized spacial score (nSPS) is 9.86. The Labute approximate surface area is 89.3 Å². The summed E-state index contributed by atoms with van der Waals surface area (Å²) in [6.45, 7) is 0.593. The van der Waals surface area contributed by atoms with Gasteiger partial charge in [0.05, 0.1) is 6.61 Å². The van der Waals surface area contributed by atoms with Crippen molar-refractivity contribution in [2.75, 3.05) is 13.7 Å². The summed E-state index contributed by atoms with van der Waals surface area (Å²) >= 11 is 5.74. The maximum absolute atomic E-state index is 5.74. The number of rotatable bonds is 2. The fourth-order valence-corrected chi connectivity index (χ4v) is 0.987. The minimum atomic E-state index is 0.593. The highest BCUT2D eigenvalue weighted by atomic mass is 35.5. The topological polar surface area (TPSA) is 9.23 Å². The number of benzene rings is 1. The molecule has 0 saturated heterocycles. The molecular formula is C12H11ClO. The van der Waals surface area contributed by atoms with Gasteiger partial charge >= 0.3 is 0 Å². The first-order valence-electron chi connectivity index (χ1n) is 4.24. The van der Waals surface area contributed by atoms with Crippen LogP contribution in [0.5, 0.6) is 0 Å². The lowest BCUT2D eigenvalue weighted by Gasteiger charge is -1.88. The molecule has 0 amide bonds. The zero-order valence-electron chi connectivity index (χ0n) is 7.96. The summed E-state index contributed by atoms with van der Waals surface area (Å²) in [6, 6.07) is 7.42. The molecule has 0 aliphatic carbocycles. The van der Waals surface area contributed by atoms with Crippen molar-refractivity contribution < 1.29 is 4.74 Å². The summed E-state index contributed by atoms with van der Waals surface area (Å²) in [4.78, 5) is 0. The lowest BCUT2D eigenvalue weighted by Crippen LogP contribution is -1.78. The SMILES string of the molecule is COC/C=C\C#Cc1ccc(Cl)cc1. The van der Waals surface area contributed by atoms with Gasteiger partial charge in [0.2, 0.25) is 0 Å². The standard InChI is InChI=1S/C12H11ClO/c1-14-10-4-2-3-5-11-6-8-12(13)9-7-11/h2,4,6-9H,10H2,1H3/b4-2-. The van der Waals surface area contributed by atoms with Crippen LogP contribution in [0.15, 0.2) is 36.4 Å². The van der Waals surface area contributed by atoms with E-state index in [4.69, 9.17) is 16.3 Å². The smallest absolute Gasteiger partial charge is 0.0652 e. The third-order valence-electron chi connectivity index (χ3n) is 1.52. The zero-order chi connectivity index (χ0) is 10.2. The molecule has 1 nitrogen and oxygen atoms in total. The highest BCUT2D eigenvalue weighted by Crippen LogP contribution is 2.08. The van der Waals surface area contributed by atoms with Gasteiger partial charge in [-0.2, -0.15) is 0 Å². The molecule has 0 spiro atoms. The minimum Gasteiger partial charge on any atom is -0.381 e. The maximum atomic E-state index is 5.74. The molecule has 0 fully saturated rings. The minimum absolute atomic E-state index is 0.593. The fraction of sp³-hybridized carbons (Fsp3) is 0.167. The Morgan fingerprint density at radius 2 is 2.07 bits per heavy atom. The van der Waals surface area contributed by atoms with Gasteiger partial charge in [0.25, 0.3) is 0 Å². The predicted molar refractivity (Wildman–Crippen MR) is 59.3 cm³/mol. The molecule has 2 heteroatoms. The van der Waals surface area contributed by atoms with Gasteiger partial charge in [-0.3, -0.25) is 0 Å². The number of allylic oxidation sites excluding steroid dienone is 1. The van der Waals surface area contributed by atoms with E-state index < -0.39 is 0 Å². The second-order valence-electron chi connectivity index (χ2n) is 2.63. The Kier molecular flexibility index (Phi) is 4.85. The van der Waals surface area contributed by atoms with E-state index in [2.05, 4.69) is 11.8 Å². The molecule has 14 heavy (non-hydrogen) atoms. The van der Waals surface area contributed by atoms with Gasteiger partial charge in [-0.05, 0) is 30.3 Å². The molecule has 0 N–H and O–H groups in total. The molecule has 0 atom stereocenters. The highest BCUT2D eigenvalue weighted by Gasteiger charge is 1.85. The molecule has 1 rings (SSSR count). The number of hydrogen-bond donors (Lipinski definition) is 0. The molecule has 0 bridgehead atoms. The Morgan fingerprint density at radius 3 is 2.71 bits per heavy atom. The molecule has 72 valence electrons. The largest absolute Gasteiger partial charge is 0.381 e. The molecule has 0 heterocycles. The first-order chi connectivity index (χ1) is 6.83.